The van der Waals surface area contributed by atoms with Gasteiger partial charge in [0.25, 0.3) is 0 Å². The lowest BCUT2D eigenvalue weighted by atomic mass is 10.2. The number of nitrogens with one attached hydrogen (secondary N) is 1. The Morgan fingerprint density at radius 3 is 2.72 bits per heavy atom. The number of carbonyl (C=O) groups excluding carboxylic acids is 1. The number of anilines is 3. The number of aromatic nitrogens is 4. The molecule has 3 aromatic heterocycles. The third-order valence-electron chi connectivity index (χ3n) is 6.20. The zero-order valence-corrected chi connectivity index (χ0v) is 20.8. The predicted octanol–water partition coefficient (Wildman–Crippen LogP) is 3.19. The number of hydrogen-bond donors (Lipinski definition) is 2. The van der Waals surface area contributed by atoms with Crippen LogP contribution in [-0.4, -0.2) is 69.7 Å². The van der Waals surface area contributed by atoms with Gasteiger partial charge in [-0.3, -0.25) is 4.79 Å². The van der Waals surface area contributed by atoms with E-state index in [4.69, 9.17) is 22.1 Å². The first kappa shape index (κ1) is 23.8. The molecule has 1 atom stereocenters. The van der Waals surface area contributed by atoms with Gasteiger partial charge in [-0.2, -0.15) is 5.10 Å². The van der Waals surface area contributed by atoms with Gasteiger partial charge in [0.2, 0.25) is 11.9 Å². The van der Waals surface area contributed by atoms with Gasteiger partial charge in [0.05, 0.1) is 47.5 Å². The summed E-state index contributed by atoms with van der Waals surface area (Å²) in [4.78, 5) is 25.2. The minimum absolute atomic E-state index is 0.0155. The molecule has 1 aliphatic heterocycles. The number of nitrogens with two attached hydrogens (primary N) is 1. The molecule has 1 unspecified atom stereocenters. The fourth-order valence-electron chi connectivity index (χ4n) is 4.31. The Balaban J connectivity index is 1.35. The number of benzene rings is 1. The van der Waals surface area contributed by atoms with Gasteiger partial charge >= 0.3 is 0 Å². The van der Waals surface area contributed by atoms with E-state index in [0.29, 0.717) is 35.5 Å². The molecule has 3 N–H and O–H groups in total. The summed E-state index contributed by atoms with van der Waals surface area (Å²) in [6.45, 7) is 4.42. The second kappa shape index (κ2) is 10.00. The van der Waals surface area contributed by atoms with E-state index < -0.39 is 6.04 Å². The third kappa shape index (κ3) is 4.65. The minimum atomic E-state index is -0.481. The van der Waals surface area contributed by atoms with E-state index in [1.165, 1.54) is 0 Å². The number of fused-ring (bicyclic) bond motifs is 1. The Bertz CT molecular complexity index is 1400. The van der Waals surface area contributed by atoms with Crippen molar-refractivity contribution in [3.8, 4) is 17.0 Å². The average Bonchev–Trinajstić information content (AvgIpc) is 3.33. The molecular weight excluding hydrogens is 480 g/mol. The molecule has 1 aliphatic rings. The number of halogens is 1. The van der Waals surface area contributed by atoms with Gasteiger partial charge in [0, 0.05) is 49.7 Å². The van der Waals surface area contributed by atoms with Crippen molar-refractivity contribution >= 4 is 40.3 Å². The molecule has 10 nitrogen and oxygen atoms in total. The number of amides is 1. The second-order valence-electron chi connectivity index (χ2n) is 8.59. The summed E-state index contributed by atoms with van der Waals surface area (Å²) >= 11 is 6.45. The maximum absolute atomic E-state index is 12.2. The average molecular weight is 507 g/mol. The van der Waals surface area contributed by atoms with Gasteiger partial charge in [-0.1, -0.05) is 17.7 Å². The number of hydrogen-bond acceptors (Lipinski definition) is 8. The normalized spacial score (nSPS) is 14.7. The first-order valence-electron chi connectivity index (χ1n) is 11.6. The monoisotopic (exact) mass is 506 g/mol. The van der Waals surface area contributed by atoms with Gasteiger partial charge in [0.1, 0.15) is 5.75 Å². The quantitative estimate of drug-likeness (QED) is 0.410. The van der Waals surface area contributed by atoms with Gasteiger partial charge in [-0.25, -0.2) is 14.5 Å². The Kier molecular flexibility index (Phi) is 6.62. The Morgan fingerprint density at radius 2 is 1.97 bits per heavy atom. The molecule has 0 saturated carbocycles. The van der Waals surface area contributed by atoms with Crippen molar-refractivity contribution in [1.82, 2.24) is 24.5 Å². The zero-order chi connectivity index (χ0) is 25.2. The van der Waals surface area contributed by atoms with Crippen molar-refractivity contribution in [2.45, 2.75) is 13.0 Å². The molecule has 1 amide bonds. The number of nitrogens with zero attached hydrogens (tertiary/aromatic N) is 6. The molecule has 0 aliphatic carbocycles. The molecule has 36 heavy (non-hydrogen) atoms. The van der Waals surface area contributed by atoms with Crippen molar-refractivity contribution < 1.29 is 9.53 Å². The van der Waals surface area contributed by atoms with Gasteiger partial charge in [0.15, 0.2) is 0 Å². The Morgan fingerprint density at radius 1 is 1.17 bits per heavy atom. The molecule has 1 aromatic carbocycles. The lowest BCUT2D eigenvalue weighted by Crippen LogP contribution is -2.52. The van der Waals surface area contributed by atoms with Crippen molar-refractivity contribution in [2.24, 2.45) is 5.73 Å². The van der Waals surface area contributed by atoms with Crippen LogP contribution in [0.5, 0.6) is 5.75 Å². The number of ether oxygens (including phenoxy) is 1. The number of pyridine rings is 1. The molecule has 0 radical (unpaired) electrons. The molecule has 1 fully saturated rings. The SMILES string of the molecule is COc1cc(N2CCN(C(=O)C(C)N)CC2)ccc1Nc1ncc(Cl)c(-c2cnn3ccccc23)n1. The molecule has 1 saturated heterocycles. The summed E-state index contributed by atoms with van der Waals surface area (Å²) in [6.07, 6.45) is 5.18. The molecule has 4 heterocycles. The summed E-state index contributed by atoms with van der Waals surface area (Å²) < 4.78 is 7.43. The van der Waals surface area contributed by atoms with Gasteiger partial charge in [-0.15, -0.1) is 0 Å². The number of methoxy groups -OCH3 is 1. The van der Waals surface area contributed by atoms with E-state index in [1.54, 1.807) is 30.9 Å². The summed E-state index contributed by atoms with van der Waals surface area (Å²) in [7, 11) is 1.62. The van der Waals surface area contributed by atoms with Crippen molar-refractivity contribution in [3.05, 3.63) is 60.0 Å². The van der Waals surface area contributed by atoms with Crippen LogP contribution in [0.25, 0.3) is 16.8 Å². The van der Waals surface area contributed by atoms with Crippen LogP contribution in [-0.2, 0) is 4.79 Å². The lowest BCUT2D eigenvalue weighted by Gasteiger charge is -2.37. The number of carbonyl (C=O) groups is 1. The van der Waals surface area contributed by atoms with Crippen LogP contribution in [0.2, 0.25) is 5.02 Å². The summed E-state index contributed by atoms with van der Waals surface area (Å²) in [5, 5.41) is 8.06. The fraction of sp³-hybridized carbons (Fsp3) is 0.280. The standard InChI is InChI=1S/C25H27ClN8O2/c1-16(27)24(35)33-11-9-32(10-12-33)17-6-7-20(22(13-17)36-2)30-25-28-15-19(26)23(31-25)18-14-29-34-8-4-3-5-21(18)34/h3-8,13-16H,9-12,27H2,1-2H3,(H,28,30,31). The maximum Gasteiger partial charge on any atom is 0.239 e. The van der Waals surface area contributed by atoms with Crippen LogP contribution in [0.3, 0.4) is 0 Å². The van der Waals surface area contributed by atoms with E-state index in [2.05, 4.69) is 25.3 Å². The highest BCUT2D eigenvalue weighted by Crippen LogP contribution is 2.34. The van der Waals surface area contributed by atoms with Gasteiger partial charge < -0.3 is 25.6 Å². The van der Waals surface area contributed by atoms with Crippen LogP contribution < -0.4 is 20.7 Å². The van der Waals surface area contributed by atoms with Crippen LogP contribution in [0, 0.1) is 0 Å². The molecule has 5 rings (SSSR count). The predicted molar refractivity (Wildman–Crippen MR) is 140 cm³/mol. The highest BCUT2D eigenvalue weighted by Gasteiger charge is 2.24. The molecular formula is C25H27ClN8O2. The smallest absolute Gasteiger partial charge is 0.239 e. The second-order valence-corrected chi connectivity index (χ2v) is 9.00. The van der Waals surface area contributed by atoms with Crippen molar-refractivity contribution in [2.75, 3.05) is 43.5 Å². The van der Waals surface area contributed by atoms with E-state index in [1.807, 2.05) is 47.5 Å². The van der Waals surface area contributed by atoms with Gasteiger partial charge in [-0.05, 0) is 31.2 Å². The molecule has 0 bridgehead atoms. The largest absolute Gasteiger partial charge is 0.494 e. The van der Waals surface area contributed by atoms with E-state index in [0.717, 1.165) is 35.5 Å². The fourth-order valence-corrected chi connectivity index (χ4v) is 4.50. The first-order valence-corrected chi connectivity index (χ1v) is 12.0. The number of rotatable bonds is 6. The summed E-state index contributed by atoms with van der Waals surface area (Å²) in [5.41, 5.74) is 9.78. The first-order chi connectivity index (χ1) is 17.4. The number of piperazine rings is 1. The molecule has 0 spiro atoms. The van der Waals surface area contributed by atoms with E-state index in [9.17, 15) is 4.79 Å². The van der Waals surface area contributed by atoms with Crippen molar-refractivity contribution in [3.63, 3.8) is 0 Å². The molecule has 4 aromatic rings. The Hall–Kier alpha value is -3.89. The highest BCUT2D eigenvalue weighted by atomic mass is 35.5. The summed E-state index contributed by atoms with van der Waals surface area (Å²) in [5.74, 6) is 1.02. The molecule has 11 heteroatoms. The topological polar surface area (TPSA) is 114 Å². The zero-order valence-electron chi connectivity index (χ0n) is 20.1. The van der Waals surface area contributed by atoms with Crippen LogP contribution in [0.1, 0.15) is 6.92 Å². The maximum atomic E-state index is 12.2. The van der Waals surface area contributed by atoms with Crippen LogP contribution >= 0.6 is 11.6 Å². The van der Waals surface area contributed by atoms with Crippen LogP contribution in [0.15, 0.2) is 55.0 Å². The van der Waals surface area contributed by atoms with Crippen LogP contribution in [0.4, 0.5) is 17.3 Å². The Labute approximate surface area is 213 Å². The van der Waals surface area contributed by atoms with E-state index >= 15 is 0 Å². The third-order valence-corrected chi connectivity index (χ3v) is 6.48. The molecule has 186 valence electrons. The minimum Gasteiger partial charge on any atom is -0.494 e. The van der Waals surface area contributed by atoms with E-state index in [-0.39, 0.29) is 5.91 Å². The summed E-state index contributed by atoms with van der Waals surface area (Å²) in [6, 6.07) is 11.2. The highest BCUT2D eigenvalue weighted by molar-refractivity contribution is 6.33. The lowest BCUT2D eigenvalue weighted by molar-refractivity contribution is -0.132. The van der Waals surface area contributed by atoms with Crippen molar-refractivity contribution in [1.29, 1.82) is 0 Å².